The second kappa shape index (κ2) is 7.65. The van der Waals surface area contributed by atoms with Gasteiger partial charge in [0.2, 0.25) is 0 Å². The van der Waals surface area contributed by atoms with Gasteiger partial charge in [0.25, 0.3) is 0 Å². The first kappa shape index (κ1) is 16.1. The molecule has 0 amide bonds. The molecule has 1 N–H and O–H groups in total. The summed E-state index contributed by atoms with van der Waals surface area (Å²) in [4.78, 5) is 2.51. The summed E-state index contributed by atoms with van der Waals surface area (Å²) in [6.45, 7) is 7.76. The molecule has 1 aliphatic rings. The first-order valence-electron chi connectivity index (χ1n) is 7.54. The Morgan fingerprint density at radius 3 is 2.85 bits per heavy atom. The van der Waals surface area contributed by atoms with Gasteiger partial charge in [-0.25, -0.2) is 0 Å². The van der Waals surface area contributed by atoms with E-state index in [2.05, 4.69) is 24.1 Å². The Morgan fingerprint density at radius 1 is 1.40 bits per heavy atom. The van der Waals surface area contributed by atoms with Crippen LogP contribution >= 0.6 is 23.2 Å². The van der Waals surface area contributed by atoms with Crippen LogP contribution in [0.1, 0.15) is 44.7 Å². The van der Waals surface area contributed by atoms with Crippen LogP contribution in [0.2, 0.25) is 10.0 Å². The highest BCUT2D eigenvalue weighted by molar-refractivity contribution is 6.33. The van der Waals surface area contributed by atoms with E-state index >= 15 is 0 Å². The number of halogens is 2. The zero-order chi connectivity index (χ0) is 14.5. The average molecular weight is 315 g/mol. The van der Waals surface area contributed by atoms with E-state index in [1.165, 1.54) is 12.8 Å². The van der Waals surface area contributed by atoms with Gasteiger partial charge in [-0.2, -0.15) is 0 Å². The standard InChI is InChI=1S/C16H24Cl2N2/c1-3-9-20(11-14-5-4-8-19-14)12(2)15-10-13(17)6-7-16(15)18/h6-7,10,12,14,19H,3-5,8-9,11H2,1-2H3. The van der Waals surface area contributed by atoms with Gasteiger partial charge in [0.1, 0.15) is 0 Å². The summed E-state index contributed by atoms with van der Waals surface area (Å²) in [6.07, 6.45) is 3.71. The molecule has 2 nitrogen and oxygen atoms in total. The SMILES string of the molecule is CCCN(CC1CCCN1)C(C)c1cc(Cl)ccc1Cl. The third kappa shape index (κ3) is 4.11. The minimum atomic E-state index is 0.295. The fraction of sp³-hybridized carbons (Fsp3) is 0.625. The molecule has 0 radical (unpaired) electrons. The second-order valence-electron chi connectivity index (χ2n) is 5.63. The van der Waals surface area contributed by atoms with Crippen molar-refractivity contribution in [3.8, 4) is 0 Å². The van der Waals surface area contributed by atoms with Crippen LogP contribution in [0.15, 0.2) is 18.2 Å². The Morgan fingerprint density at radius 2 is 2.20 bits per heavy atom. The molecule has 0 aliphatic carbocycles. The first-order chi connectivity index (χ1) is 9.61. The lowest BCUT2D eigenvalue weighted by Gasteiger charge is -2.32. The van der Waals surface area contributed by atoms with Crippen molar-refractivity contribution < 1.29 is 0 Å². The van der Waals surface area contributed by atoms with Crippen LogP contribution in [0.3, 0.4) is 0 Å². The van der Waals surface area contributed by atoms with Crippen molar-refractivity contribution in [3.05, 3.63) is 33.8 Å². The lowest BCUT2D eigenvalue weighted by Crippen LogP contribution is -2.39. The highest BCUT2D eigenvalue weighted by atomic mass is 35.5. The van der Waals surface area contributed by atoms with E-state index in [1.54, 1.807) is 0 Å². The van der Waals surface area contributed by atoms with Crippen molar-refractivity contribution in [1.29, 1.82) is 0 Å². The van der Waals surface area contributed by atoms with E-state index in [0.717, 1.165) is 41.7 Å². The van der Waals surface area contributed by atoms with E-state index in [0.29, 0.717) is 12.1 Å². The molecule has 4 heteroatoms. The molecular formula is C16H24Cl2N2. The predicted molar refractivity (Wildman–Crippen MR) is 87.8 cm³/mol. The highest BCUT2D eigenvalue weighted by Gasteiger charge is 2.23. The third-order valence-corrected chi connectivity index (χ3v) is 4.66. The minimum absolute atomic E-state index is 0.295. The van der Waals surface area contributed by atoms with E-state index in [-0.39, 0.29) is 0 Å². The summed E-state index contributed by atoms with van der Waals surface area (Å²) < 4.78 is 0. The Balaban J connectivity index is 2.12. The van der Waals surface area contributed by atoms with Crippen LogP contribution in [0.25, 0.3) is 0 Å². The maximum atomic E-state index is 6.35. The highest BCUT2D eigenvalue weighted by Crippen LogP contribution is 2.30. The molecule has 1 saturated heterocycles. The Kier molecular flexibility index (Phi) is 6.16. The van der Waals surface area contributed by atoms with Crippen LogP contribution in [-0.4, -0.2) is 30.6 Å². The third-order valence-electron chi connectivity index (χ3n) is 4.08. The predicted octanol–water partition coefficient (Wildman–Crippen LogP) is 4.52. The number of nitrogens with one attached hydrogen (secondary N) is 1. The molecule has 0 spiro atoms. The van der Waals surface area contributed by atoms with Gasteiger partial charge >= 0.3 is 0 Å². The summed E-state index contributed by atoms with van der Waals surface area (Å²) in [7, 11) is 0. The zero-order valence-electron chi connectivity index (χ0n) is 12.3. The van der Waals surface area contributed by atoms with E-state index < -0.39 is 0 Å². The molecule has 0 bridgehead atoms. The first-order valence-corrected chi connectivity index (χ1v) is 8.29. The van der Waals surface area contributed by atoms with Crippen molar-refractivity contribution in [1.82, 2.24) is 10.2 Å². The zero-order valence-corrected chi connectivity index (χ0v) is 13.8. The van der Waals surface area contributed by atoms with Gasteiger partial charge in [-0.1, -0.05) is 30.1 Å². The quantitative estimate of drug-likeness (QED) is 0.830. The summed E-state index contributed by atoms with van der Waals surface area (Å²) >= 11 is 12.5. The topological polar surface area (TPSA) is 15.3 Å². The molecule has 1 fully saturated rings. The molecule has 1 aliphatic heterocycles. The van der Waals surface area contributed by atoms with E-state index in [4.69, 9.17) is 23.2 Å². The lowest BCUT2D eigenvalue weighted by molar-refractivity contribution is 0.192. The summed E-state index contributed by atoms with van der Waals surface area (Å²) in [5.74, 6) is 0. The molecule has 1 heterocycles. The lowest BCUT2D eigenvalue weighted by atomic mass is 10.1. The Bertz CT molecular complexity index is 430. The van der Waals surface area contributed by atoms with E-state index in [1.807, 2.05) is 18.2 Å². The van der Waals surface area contributed by atoms with Crippen LogP contribution in [0.5, 0.6) is 0 Å². The average Bonchev–Trinajstić information content (AvgIpc) is 2.93. The molecule has 0 saturated carbocycles. The molecular weight excluding hydrogens is 291 g/mol. The molecule has 112 valence electrons. The van der Waals surface area contributed by atoms with Crippen LogP contribution in [0.4, 0.5) is 0 Å². The molecule has 20 heavy (non-hydrogen) atoms. The largest absolute Gasteiger partial charge is 0.313 e. The van der Waals surface area contributed by atoms with Crippen molar-refractivity contribution in [2.75, 3.05) is 19.6 Å². The maximum Gasteiger partial charge on any atom is 0.0454 e. The Labute approximate surface area is 132 Å². The molecule has 0 aromatic heterocycles. The summed E-state index contributed by atoms with van der Waals surface area (Å²) in [5.41, 5.74) is 1.13. The fourth-order valence-electron chi connectivity index (χ4n) is 2.96. The summed E-state index contributed by atoms with van der Waals surface area (Å²) in [5, 5.41) is 5.14. The fourth-order valence-corrected chi connectivity index (χ4v) is 3.41. The second-order valence-corrected chi connectivity index (χ2v) is 6.47. The number of nitrogens with zero attached hydrogens (tertiary/aromatic N) is 1. The molecule has 2 unspecified atom stereocenters. The van der Waals surface area contributed by atoms with Crippen molar-refractivity contribution >= 4 is 23.2 Å². The van der Waals surface area contributed by atoms with Crippen LogP contribution < -0.4 is 5.32 Å². The number of hydrogen-bond acceptors (Lipinski definition) is 2. The molecule has 2 rings (SSSR count). The minimum Gasteiger partial charge on any atom is -0.313 e. The van der Waals surface area contributed by atoms with Gasteiger partial charge < -0.3 is 5.32 Å². The molecule has 2 atom stereocenters. The van der Waals surface area contributed by atoms with Crippen molar-refractivity contribution in [2.24, 2.45) is 0 Å². The Hall–Kier alpha value is -0.280. The van der Waals surface area contributed by atoms with Gasteiger partial charge in [-0.3, -0.25) is 4.90 Å². The maximum absolute atomic E-state index is 6.35. The van der Waals surface area contributed by atoms with Crippen molar-refractivity contribution in [2.45, 2.75) is 45.2 Å². The van der Waals surface area contributed by atoms with Gasteiger partial charge in [0.15, 0.2) is 0 Å². The smallest absolute Gasteiger partial charge is 0.0454 e. The van der Waals surface area contributed by atoms with Gasteiger partial charge in [0.05, 0.1) is 0 Å². The number of rotatable bonds is 6. The monoisotopic (exact) mass is 314 g/mol. The number of benzene rings is 1. The van der Waals surface area contributed by atoms with Gasteiger partial charge in [-0.05, 0) is 63.0 Å². The molecule has 1 aromatic carbocycles. The van der Waals surface area contributed by atoms with Gasteiger partial charge in [0, 0.05) is 28.7 Å². The van der Waals surface area contributed by atoms with Crippen LogP contribution in [0, 0.1) is 0 Å². The molecule has 1 aromatic rings. The van der Waals surface area contributed by atoms with Crippen LogP contribution in [-0.2, 0) is 0 Å². The van der Waals surface area contributed by atoms with Gasteiger partial charge in [-0.15, -0.1) is 0 Å². The summed E-state index contributed by atoms with van der Waals surface area (Å²) in [6, 6.07) is 6.65. The number of hydrogen-bond donors (Lipinski definition) is 1. The van der Waals surface area contributed by atoms with E-state index in [9.17, 15) is 0 Å². The van der Waals surface area contributed by atoms with Crippen molar-refractivity contribution in [3.63, 3.8) is 0 Å². The normalized spacial score (nSPS) is 20.6.